The third kappa shape index (κ3) is 4.86. The highest BCUT2D eigenvalue weighted by molar-refractivity contribution is 7.99. The van der Waals surface area contributed by atoms with E-state index >= 15 is 0 Å². The fourth-order valence-electron chi connectivity index (χ4n) is 3.10. The molecule has 31 heavy (non-hydrogen) atoms. The molecular formula is C23H20FN3O3S. The lowest BCUT2D eigenvalue weighted by atomic mass is 10.1. The lowest BCUT2D eigenvalue weighted by Gasteiger charge is -2.12. The Morgan fingerprint density at radius 2 is 2.06 bits per heavy atom. The van der Waals surface area contributed by atoms with Gasteiger partial charge in [-0.2, -0.15) is 0 Å². The second kappa shape index (κ2) is 9.18. The van der Waals surface area contributed by atoms with E-state index in [0.29, 0.717) is 39.4 Å². The van der Waals surface area contributed by atoms with E-state index in [1.807, 2.05) is 6.07 Å². The molecule has 0 fully saturated rings. The Labute approximate surface area is 181 Å². The third-order valence-corrected chi connectivity index (χ3v) is 5.97. The minimum atomic E-state index is -0.410. The quantitative estimate of drug-likeness (QED) is 0.451. The molecule has 2 heterocycles. The summed E-state index contributed by atoms with van der Waals surface area (Å²) in [5.41, 5.74) is 1.44. The molecule has 6 nitrogen and oxygen atoms in total. The van der Waals surface area contributed by atoms with Crippen LogP contribution in [0.5, 0.6) is 0 Å². The predicted molar refractivity (Wildman–Crippen MR) is 119 cm³/mol. The maximum Gasteiger partial charge on any atom is 0.258 e. The van der Waals surface area contributed by atoms with Gasteiger partial charge in [0, 0.05) is 17.7 Å². The number of thioether (sulfide) groups is 1. The van der Waals surface area contributed by atoms with Gasteiger partial charge in [-0.05, 0) is 37.3 Å². The zero-order valence-electron chi connectivity index (χ0n) is 16.7. The van der Waals surface area contributed by atoms with Gasteiger partial charge in [0.25, 0.3) is 5.56 Å². The molecule has 8 heteroatoms. The summed E-state index contributed by atoms with van der Waals surface area (Å²) in [7, 11) is 0. The molecule has 2 aromatic carbocycles. The third-order valence-electron chi connectivity index (χ3n) is 4.81. The van der Waals surface area contributed by atoms with Crippen molar-refractivity contribution in [3.05, 3.63) is 88.4 Å². The monoisotopic (exact) mass is 437 g/mol. The van der Waals surface area contributed by atoms with E-state index in [1.54, 1.807) is 49.4 Å². The minimum absolute atomic E-state index is 0.0824. The lowest BCUT2D eigenvalue weighted by Crippen LogP contribution is -2.31. The average molecular weight is 437 g/mol. The number of amides is 1. The number of furan rings is 1. The summed E-state index contributed by atoms with van der Waals surface area (Å²) in [6.45, 7) is 1.84. The van der Waals surface area contributed by atoms with Crippen LogP contribution in [0, 0.1) is 5.82 Å². The number of para-hydroxylation sites is 1. The Kier molecular flexibility index (Phi) is 6.18. The van der Waals surface area contributed by atoms with E-state index in [2.05, 4.69) is 15.3 Å². The average Bonchev–Trinajstić information content (AvgIpc) is 3.31. The number of rotatable bonds is 7. The van der Waals surface area contributed by atoms with Crippen molar-refractivity contribution in [1.82, 2.24) is 15.3 Å². The summed E-state index contributed by atoms with van der Waals surface area (Å²) in [6, 6.07) is 15.4. The summed E-state index contributed by atoms with van der Waals surface area (Å²) in [5.74, 6) is 0.837. The van der Waals surface area contributed by atoms with Crippen molar-refractivity contribution in [1.29, 1.82) is 0 Å². The van der Waals surface area contributed by atoms with E-state index in [0.717, 1.165) is 0 Å². The van der Waals surface area contributed by atoms with Gasteiger partial charge in [-0.25, -0.2) is 9.37 Å². The van der Waals surface area contributed by atoms with Crippen molar-refractivity contribution >= 4 is 28.6 Å². The van der Waals surface area contributed by atoms with E-state index in [4.69, 9.17) is 4.42 Å². The molecule has 0 radical (unpaired) electrons. The van der Waals surface area contributed by atoms with Gasteiger partial charge in [0.15, 0.2) is 0 Å². The first kappa shape index (κ1) is 20.9. The van der Waals surface area contributed by atoms with Gasteiger partial charge in [-0.3, -0.25) is 9.59 Å². The number of fused-ring (bicyclic) bond motifs is 1. The Morgan fingerprint density at radius 3 is 2.84 bits per heavy atom. The van der Waals surface area contributed by atoms with E-state index in [-0.39, 0.29) is 18.0 Å². The first-order valence-electron chi connectivity index (χ1n) is 9.71. The Hall–Kier alpha value is -3.39. The fraction of sp³-hybridized carbons (Fsp3) is 0.174. The molecule has 1 atom stereocenters. The lowest BCUT2D eigenvalue weighted by molar-refractivity contribution is -0.120. The number of aromatic amines is 1. The van der Waals surface area contributed by atoms with Gasteiger partial charge in [0.05, 0.1) is 28.2 Å². The number of benzene rings is 2. The summed E-state index contributed by atoms with van der Waals surface area (Å²) in [6.07, 6.45) is 1.53. The molecule has 0 bridgehead atoms. The molecule has 1 unspecified atom stereocenters. The molecule has 2 N–H and O–H groups in total. The van der Waals surface area contributed by atoms with Crippen LogP contribution >= 0.6 is 11.8 Å². The number of nitrogens with one attached hydrogen (secondary N) is 2. The molecule has 0 aliphatic heterocycles. The van der Waals surface area contributed by atoms with Crippen LogP contribution in [-0.2, 0) is 17.1 Å². The molecule has 158 valence electrons. The maximum atomic E-state index is 14.4. The van der Waals surface area contributed by atoms with Crippen molar-refractivity contribution < 1.29 is 13.6 Å². The fourth-order valence-corrected chi connectivity index (χ4v) is 3.87. The van der Waals surface area contributed by atoms with Crippen LogP contribution in [0.3, 0.4) is 0 Å². The summed E-state index contributed by atoms with van der Waals surface area (Å²) in [5, 5.41) is 2.88. The van der Waals surface area contributed by atoms with Crippen LogP contribution in [0.1, 0.15) is 18.3 Å². The van der Waals surface area contributed by atoms with E-state index < -0.39 is 11.1 Å². The van der Waals surface area contributed by atoms with Crippen molar-refractivity contribution in [2.45, 2.75) is 24.5 Å². The van der Waals surface area contributed by atoms with E-state index in [1.165, 1.54) is 24.1 Å². The molecule has 0 aliphatic carbocycles. The molecule has 0 spiro atoms. The molecule has 1 amide bonds. The summed E-state index contributed by atoms with van der Waals surface area (Å²) >= 11 is 1.34. The summed E-state index contributed by atoms with van der Waals surface area (Å²) in [4.78, 5) is 31.7. The van der Waals surface area contributed by atoms with Crippen LogP contribution in [0.2, 0.25) is 0 Å². The van der Waals surface area contributed by atoms with Crippen molar-refractivity contribution in [3.8, 4) is 11.3 Å². The SMILES string of the molecule is CC(SCc1nc2ccccc2c(=O)[nH]1)C(=O)NCc1ccc(-c2ccco2)cc1F. The highest BCUT2D eigenvalue weighted by atomic mass is 32.2. The number of aromatic nitrogens is 2. The van der Waals surface area contributed by atoms with Gasteiger partial charge in [-0.15, -0.1) is 11.8 Å². The number of hydrogen-bond donors (Lipinski definition) is 2. The molecule has 4 rings (SSSR count). The molecule has 4 aromatic rings. The second-order valence-corrected chi connectivity index (χ2v) is 8.31. The van der Waals surface area contributed by atoms with E-state index in [9.17, 15) is 14.0 Å². The largest absolute Gasteiger partial charge is 0.464 e. The smallest absolute Gasteiger partial charge is 0.258 e. The minimum Gasteiger partial charge on any atom is -0.464 e. The Balaban J connectivity index is 1.33. The second-order valence-electron chi connectivity index (χ2n) is 6.98. The first-order valence-corrected chi connectivity index (χ1v) is 10.8. The van der Waals surface area contributed by atoms with Crippen LogP contribution < -0.4 is 10.9 Å². The normalized spacial score (nSPS) is 12.1. The predicted octanol–water partition coefficient (Wildman–Crippen LogP) is 4.26. The standard InChI is InChI=1S/C23H20FN3O3S/c1-14(31-13-21-26-19-6-3-2-5-17(19)23(29)27-21)22(28)25-12-16-9-8-15(11-18(16)24)20-7-4-10-30-20/h2-11,14H,12-13H2,1H3,(H,25,28)(H,26,27,29). The zero-order valence-corrected chi connectivity index (χ0v) is 17.5. The van der Waals surface area contributed by atoms with Crippen molar-refractivity contribution in [3.63, 3.8) is 0 Å². The Bertz CT molecular complexity index is 1270. The molecule has 0 saturated heterocycles. The Morgan fingerprint density at radius 1 is 1.23 bits per heavy atom. The van der Waals surface area contributed by atoms with Gasteiger partial charge in [-0.1, -0.05) is 24.3 Å². The van der Waals surface area contributed by atoms with Gasteiger partial charge < -0.3 is 14.7 Å². The number of carbonyl (C=O) groups is 1. The number of hydrogen-bond acceptors (Lipinski definition) is 5. The van der Waals surface area contributed by atoms with Crippen LogP contribution in [0.15, 0.2) is 70.1 Å². The van der Waals surface area contributed by atoms with Crippen LogP contribution in [0.25, 0.3) is 22.2 Å². The van der Waals surface area contributed by atoms with Crippen LogP contribution in [0.4, 0.5) is 4.39 Å². The summed E-state index contributed by atoms with van der Waals surface area (Å²) < 4.78 is 19.7. The first-order chi connectivity index (χ1) is 15.0. The maximum absolute atomic E-state index is 14.4. The zero-order chi connectivity index (χ0) is 21.8. The highest BCUT2D eigenvalue weighted by Crippen LogP contribution is 2.22. The number of carbonyl (C=O) groups excluding carboxylic acids is 1. The van der Waals surface area contributed by atoms with Gasteiger partial charge in [0.2, 0.25) is 5.91 Å². The highest BCUT2D eigenvalue weighted by Gasteiger charge is 2.15. The number of nitrogens with zero attached hydrogens (tertiary/aromatic N) is 1. The molecular weight excluding hydrogens is 417 g/mol. The molecule has 2 aromatic heterocycles. The van der Waals surface area contributed by atoms with Crippen molar-refractivity contribution in [2.24, 2.45) is 0 Å². The van der Waals surface area contributed by atoms with Gasteiger partial charge in [0.1, 0.15) is 17.4 Å². The molecule has 0 aliphatic rings. The molecule has 0 saturated carbocycles. The van der Waals surface area contributed by atoms with Crippen molar-refractivity contribution in [2.75, 3.05) is 0 Å². The topological polar surface area (TPSA) is 88.0 Å². The number of H-pyrrole nitrogens is 1. The van der Waals surface area contributed by atoms with Gasteiger partial charge >= 0.3 is 0 Å². The number of halogens is 1. The van der Waals surface area contributed by atoms with Crippen LogP contribution in [-0.4, -0.2) is 21.1 Å².